The van der Waals surface area contributed by atoms with Crippen molar-refractivity contribution in [3.63, 3.8) is 0 Å². The van der Waals surface area contributed by atoms with Gasteiger partial charge in [0.2, 0.25) is 5.91 Å². The molecule has 3 heterocycles. The molecule has 0 radical (unpaired) electrons. The molecular formula is C24H32F3N3O5. The van der Waals surface area contributed by atoms with Gasteiger partial charge in [0.25, 0.3) is 5.91 Å². The quantitative estimate of drug-likeness (QED) is 0.670. The minimum Gasteiger partial charge on any atom is -0.493 e. The Morgan fingerprint density at radius 3 is 2.20 bits per heavy atom. The van der Waals surface area contributed by atoms with E-state index in [0.29, 0.717) is 31.0 Å². The summed E-state index contributed by atoms with van der Waals surface area (Å²) in [5.74, 6) is -1.81. The summed E-state index contributed by atoms with van der Waals surface area (Å²) in [6.45, 7) is 7.21. The summed E-state index contributed by atoms with van der Waals surface area (Å²) in [4.78, 5) is 41.0. The third-order valence-electron chi connectivity index (χ3n) is 6.81. The predicted molar refractivity (Wildman–Crippen MR) is 121 cm³/mol. The fraction of sp³-hybridized carbons (Fsp3) is 0.625. The number of benzene rings is 1. The zero-order chi connectivity index (χ0) is 25.6. The molecule has 0 aromatic heterocycles. The van der Waals surface area contributed by atoms with Crippen molar-refractivity contribution in [1.29, 1.82) is 0 Å². The molecule has 0 aliphatic carbocycles. The topological polar surface area (TPSA) is 90.4 Å². The third-order valence-corrected chi connectivity index (χ3v) is 6.81. The van der Waals surface area contributed by atoms with E-state index in [1.807, 2.05) is 41.0 Å². The average molecular weight is 500 g/mol. The van der Waals surface area contributed by atoms with Crippen molar-refractivity contribution >= 4 is 17.8 Å². The first kappa shape index (κ1) is 26.8. The summed E-state index contributed by atoms with van der Waals surface area (Å²) in [5, 5.41) is 7.12. The Labute approximate surface area is 202 Å². The number of alkyl halides is 3. The second-order valence-electron chi connectivity index (χ2n) is 9.05. The van der Waals surface area contributed by atoms with Crippen LogP contribution in [0.15, 0.2) is 24.3 Å². The van der Waals surface area contributed by atoms with E-state index in [2.05, 4.69) is 4.90 Å². The van der Waals surface area contributed by atoms with Crippen LogP contribution in [0.25, 0.3) is 0 Å². The summed E-state index contributed by atoms with van der Waals surface area (Å²) in [7, 11) is 0. The molecule has 0 saturated carbocycles. The van der Waals surface area contributed by atoms with Gasteiger partial charge in [0.15, 0.2) is 0 Å². The standard InChI is InChI=1S/C22H31N3O3.C2HF3O2/c1-2-28-19-9-4-3-8-18(19)21(27)24-14-7-10-22(17-24)11-15-25(22)16-20(26)23-12-5-6-13-23;3-2(4,5)1(6)7/h3-4,8-9H,2,5-7,10-17H2,1H3;(H,6,7). The molecule has 0 bridgehead atoms. The Bertz CT molecular complexity index is 920. The van der Waals surface area contributed by atoms with Gasteiger partial charge in [-0.3, -0.25) is 14.5 Å². The number of likely N-dealkylation sites (tertiary alicyclic amines) is 3. The molecule has 8 nitrogen and oxygen atoms in total. The van der Waals surface area contributed by atoms with Crippen molar-refractivity contribution in [2.75, 3.05) is 45.9 Å². The molecule has 3 aliphatic heterocycles. The van der Waals surface area contributed by atoms with Crippen LogP contribution >= 0.6 is 0 Å². The van der Waals surface area contributed by atoms with Crippen LogP contribution in [0.4, 0.5) is 13.2 Å². The van der Waals surface area contributed by atoms with Crippen LogP contribution in [-0.4, -0.2) is 95.2 Å². The molecule has 4 rings (SSSR count). The molecule has 3 aliphatic rings. The Morgan fingerprint density at radius 2 is 1.63 bits per heavy atom. The number of carbonyl (C=O) groups is 3. The highest BCUT2D eigenvalue weighted by Gasteiger charge is 2.49. The molecular weight excluding hydrogens is 467 g/mol. The number of carboxylic acids is 1. The minimum absolute atomic E-state index is 0.0240. The first-order valence-corrected chi connectivity index (χ1v) is 11.9. The number of rotatable bonds is 5. The maximum Gasteiger partial charge on any atom is 0.490 e. The smallest absolute Gasteiger partial charge is 0.490 e. The van der Waals surface area contributed by atoms with Crippen molar-refractivity contribution in [1.82, 2.24) is 14.7 Å². The minimum atomic E-state index is -5.08. The molecule has 35 heavy (non-hydrogen) atoms. The number of amides is 2. The lowest BCUT2D eigenvalue weighted by Crippen LogP contribution is -2.68. The number of ether oxygens (including phenoxy) is 1. The summed E-state index contributed by atoms with van der Waals surface area (Å²) in [6, 6.07) is 7.50. The number of halogens is 3. The van der Waals surface area contributed by atoms with E-state index in [-0.39, 0.29) is 17.4 Å². The van der Waals surface area contributed by atoms with Gasteiger partial charge in [-0.2, -0.15) is 13.2 Å². The van der Waals surface area contributed by atoms with E-state index in [1.165, 1.54) is 0 Å². The van der Waals surface area contributed by atoms with Crippen LogP contribution < -0.4 is 4.74 Å². The Morgan fingerprint density at radius 1 is 1.00 bits per heavy atom. The molecule has 3 fully saturated rings. The molecule has 1 aromatic rings. The third kappa shape index (κ3) is 6.45. The largest absolute Gasteiger partial charge is 0.493 e. The summed E-state index contributed by atoms with van der Waals surface area (Å²) >= 11 is 0. The number of hydrogen-bond acceptors (Lipinski definition) is 5. The number of carboxylic acid groups (broad SMARTS) is 1. The SMILES string of the molecule is CCOc1ccccc1C(=O)N1CCCC2(CCN2CC(=O)N2CCCC2)C1.O=C(O)C(F)(F)F. The van der Waals surface area contributed by atoms with Crippen molar-refractivity contribution < 1.29 is 37.4 Å². The first-order valence-electron chi connectivity index (χ1n) is 11.9. The lowest BCUT2D eigenvalue weighted by Gasteiger charge is -2.57. The lowest BCUT2D eigenvalue weighted by molar-refractivity contribution is -0.192. The van der Waals surface area contributed by atoms with Gasteiger partial charge in [-0.1, -0.05) is 12.1 Å². The molecule has 1 N–H and O–H groups in total. The van der Waals surface area contributed by atoms with E-state index in [1.54, 1.807) is 0 Å². The fourth-order valence-corrected chi connectivity index (χ4v) is 4.91. The van der Waals surface area contributed by atoms with E-state index in [4.69, 9.17) is 14.6 Å². The molecule has 2 amide bonds. The van der Waals surface area contributed by atoms with Crippen LogP contribution in [0, 0.1) is 0 Å². The molecule has 1 atom stereocenters. The highest BCUT2D eigenvalue weighted by Crippen LogP contribution is 2.39. The van der Waals surface area contributed by atoms with Gasteiger partial charge >= 0.3 is 12.1 Å². The number of aliphatic carboxylic acids is 1. The predicted octanol–water partition coefficient (Wildman–Crippen LogP) is 3.02. The Balaban J connectivity index is 0.000000429. The zero-order valence-corrected chi connectivity index (χ0v) is 19.9. The second-order valence-corrected chi connectivity index (χ2v) is 9.05. The summed E-state index contributed by atoms with van der Waals surface area (Å²) in [5.41, 5.74) is 0.615. The van der Waals surface area contributed by atoms with Gasteiger partial charge in [0, 0.05) is 38.3 Å². The van der Waals surface area contributed by atoms with Crippen molar-refractivity contribution in [3.8, 4) is 5.75 Å². The van der Waals surface area contributed by atoms with E-state index < -0.39 is 12.1 Å². The number of carbonyl (C=O) groups excluding carboxylic acids is 2. The van der Waals surface area contributed by atoms with E-state index in [0.717, 1.165) is 58.3 Å². The maximum atomic E-state index is 13.2. The molecule has 1 aromatic carbocycles. The van der Waals surface area contributed by atoms with Gasteiger partial charge in [-0.15, -0.1) is 0 Å². The highest BCUT2D eigenvalue weighted by molar-refractivity contribution is 5.97. The van der Waals surface area contributed by atoms with Gasteiger partial charge in [-0.25, -0.2) is 4.79 Å². The van der Waals surface area contributed by atoms with Crippen molar-refractivity contribution in [2.24, 2.45) is 0 Å². The Kier molecular flexibility index (Phi) is 8.63. The molecule has 1 unspecified atom stereocenters. The van der Waals surface area contributed by atoms with E-state index >= 15 is 0 Å². The molecule has 1 spiro atoms. The normalized spacial score (nSPS) is 22.3. The number of piperidine rings is 1. The van der Waals surface area contributed by atoms with Crippen LogP contribution in [0.2, 0.25) is 0 Å². The van der Waals surface area contributed by atoms with Crippen LogP contribution in [-0.2, 0) is 9.59 Å². The lowest BCUT2D eigenvalue weighted by atomic mass is 9.77. The highest BCUT2D eigenvalue weighted by atomic mass is 19.4. The van der Waals surface area contributed by atoms with Gasteiger partial charge in [0.05, 0.1) is 18.7 Å². The van der Waals surface area contributed by atoms with Gasteiger partial charge in [0.1, 0.15) is 5.75 Å². The molecule has 194 valence electrons. The second kappa shape index (κ2) is 11.3. The monoisotopic (exact) mass is 499 g/mol. The maximum absolute atomic E-state index is 13.2. The summed E-state index contributed by atoms with van der Waals surface area (Å²) in [6.07, 6.45) is 0.280. The molecule has 11 heteroatoms. The Hall–Kier alpha value is -2.82. The van der Waals surface area contributed by atoms with Crippen molar-refractivity contribution in [3.05, 3.63) is 29.8 Å². The zero-order valence-electron chi connectivity index (χ0n) is 19.9. The summed E-state index contributed by atoms with van der Waals surface area (Å²) < 4.78 is 37.4. The first-order chi connectivity index (χ1) is 16.6. The van der Waals surface area contributed by atoms with Crippen LogP contribution in [0.1, 0.15) is 49.4 Å². The number of hydrogen-bond donors (Lipinski definition) is 1. The average Bonchev–Trinajstić information content (AvgIpc) is 3.37. The number of para-hydroxylation sites is 1. The van der Waals surface area contributed by atoms with Crippen molar-refractivity contribution in [2.45, 2.75) is 50.7 Å². The van der Waals surface area contributed by atoms with Gasteiger partial charge < -0.3 is 19.6 Å². The molecule has 3 saturated heterocycles. The van der Waals surface area contributed by atoms with E-state index in [9.17, 15) is 22.8 Å². The number of nitrogens with zero attached hydrogens (tertiary/aromatic N) is 3. The van der Waals surface area contributed by atoms with Crippen LogP contribution in [0.3, 0.4) is 0 Å². The van der Waals surface area contributed by atoms with Crippen LogP contribution in [0.5, 0.6) is 5.75 Å². The van der Waals surface area contributed by atoms with Gasteiger partial charge in [-0.05, 0) is 51.2 Å². The fourth-order valence-electron chi connectivity index (χ4n) is 4.91.